The Kier molecular flexibility index (Phi) is 4.22. The summed E-state index contributed by atoms with van der Waals surface area (Å²) in [7, 11) is 2.01. The Balaban J connectivity index is 2.25. The van der Waals surface area contributed by atoms with E-state index in [-0.39, 0.29) is 0 Å². The van der Waals surface area contributed by atoms with E-state index in [1.807, 2.05) is 32.2 Å². The molecule has 5 heteroatoms. The van der Waals surface area contributed by atoms with Crippen LogP contribution in [0.1, 0.15) is 16.3 Å². The zero-order chi connectivity index (χ0) is 13.1. The Morgan fingerprint density at radius 2 is 2.22 bits per heavy atom. The quantitative estimate of drug-likeness (QED) is 0.936. The van der Waals surface area contributed by atoms with Crippen molar-refractivity contribution in [3.8, 4) is 0 Å². The molecule has 0 bridgehead atoms. The molecule has 0 fully saturated rings. The molecule has 0 aliphatic heterocycles. The van der Waals surface area contributed by atoms with E-state index in [4.69, 9.17) is 17.3 Å². The minimum atomic E-state index is 0.482. The normalized spacial score (nSPS) is 10.7. The lowest BCUT2D eigenvalue weighted by molar-refractivity contribution is 0.877. The second kappa shape index (κ2) is 5.69. The van der Waals surface area contributed by atoms with Gasteiger partial charge in [-0.2, -0.15) is 0 Å². The molecule has 3 nitrogen and oxygen atoms in total. The molecular weight excluding hydrogens is 266 g/mol. The van der Waals surface area contributed by atoms with Crippen molar-refractivity contribution in [2.24, 2.45) is 5.73 Å². The summed E-state index contributed by atoms with van der Waals surface area (Å²) < 4.78 is 0. The standard InChI is InChI=1S/C13H16ClN3S/c1-9-16-11(8-18-9)7-17(2)13-10(6-15)4-3-5-12(13)14/h3-5,8H,6-7,15H2,1-2H3. The van der Waals surface area contributed by atoms with Gasteiger partial charge in [-0.25, -0.2) is 4.98 Å². The zero-order valence-electron chi connectivity index (χ0n) is 10.5. The molecule has 18 heavy (non-hydrogen) atoms. The van der Waals surface area contributed by atoms with Crippen LogP contribution in [-0.2, 0) is 13.1 Å². The van der Waals surface area contributed by atoms with Crippen LogP contribution < -0.4 is 10.6 Å². The Bertz CT molecular complexity index is 539. The largest absolute Gasteiger partial charge is 0.367 e. The number of thiazole rings is 1. The molecule has 96 valence electrons. The number of benzene rings is 1. The second-order valence-corrected chi connectivity index (χ2v) is 5.64. The van der Waals surface area contributed by atoms with E-state index in [0.29, 0.717) is 6.54 Å². The summed E-state index contributed by atoms with van der Waals surface area (Å²) >= 11 is 7.92. The Morgan fingerprint density at radius 1 is 1.44 bits per heavy atom. The molecule has 0 atom stereocenters. The van der Waals surface area contributed by atoms with Gasteiger partial charge >= 0.3 is 0 Å². The predicted molar refractivity (Wildman–Crippen MR) is 78.3 cm³/mol. The summed E-state index contributed by atoms with van der Waals surface area (Å²) in [6, 6.07) is 5.82. The number of nitrogens with zero attached hydrogens (tertiary/aromatic N) is 2. The van der Waals surface area contributed by atoms with Crippen molar-refractivity contribution >= 4 is 28.6 Å². The third-order valence-corrected chi connectivity index (χ3v) is 3.87. The number of anilines is 1. The van der Waals surface area contributed by atoms with Gasteiger partial charge in [0.2, 0.25) is 0 Å². The molecule has 2 rings (SSSR count). The van der Waals surface area contributed by atoms with Gasteiger partial charge in [0.05, 0.1) is 28.0 Å². The van der Waals surface area contributed by atoms with E-state index in [2.05, 4.69) is 15.3 Å². The van der Waals surface area contributed by atoms with Crippen LogP contribution in [-0.4, -0.2) is 12.0 Å². The van der Waals surface area contributed by atoms with Crippen molar-refractivity contribution in [3.63, 3.8) is 0 Å². The topological polar surface area (TPSA) is 42.2 Å². The van der Waals surface area contributed by atoms with Gasteiger partial charge in [-0.05, 0) is 18.6 Å². The first kappa shape index (κ1) is 13.3. The predicted octanol–water partition coefficient (Wildman–Crippen LogP) is 3.20. The molecule has 2 N–H and O–H groups in total. The van der Waals surface area contributed by atoms with Gasteiger partial charge in [0.15, 0.2) is 0 Å². The summed E-state index contributed by atoms with van der Waals surface area (Å²) in [5, 5.41) is 3.88. The zero-order valence-corrected chi connectivity index (χ0v) is 12.1. The number of halogens is 1. The third kappa shape index (κ3) is 2.83. The minimum Gasteiger partial charge on any atom is -0.367 e. The molecule has 0 saturated carbocycles. The molecule has 0 radical (unpaired) electrons. The van der Waals surface area contributed by atoms with Gasteiger partial charge in [0, 0.05) is 19.0 Å². The van der Waals surface area contributed by atoms with E-state index in [9.17, 15) is 0 Å². The highest BCUT2D eigenvalue weighted by Gasteiger charge is 2.12. The van der Waals surface area contributed by atoms with Crippen LogP contribution in [0.3, 0.4) is 0 Å². The maximum atomic E-state index is 6.26. The molecule has 1 aromatic carbocycles. The maximum Gasteiger partial charge on any atom is 0.0898 e. The lowest BCUT2D eigenvalue weighted by Crippen LogP contribution is -2.19. The van der Waals surface area contributed by atoms with Crippen LogP contribution in [0.2, 0.25) is 5.02 Å². The Labute approximate surface area is 116 Å². The first-order chi connectivity index (χ1) is 8.61. The van der Waals surface area contributed by atoms with Crippen molar-refractivity contribution in [2.75, 3.05) is 11.9 Å². The van der Waals surface area contributed by atoms with E-state index in [1.165, 1.54) is 0 Å². The number of rotatable bonds is 4. The number of aryl methyl sites for hydroxylation is 1. The summed E-state index contributed by atoms with van der Waals surface area (Å²) in [4.78, 5) is 6.56. The van der Waals surface area contributed by atoms with Gasteiger partial charge in [-0.15, -0.1) is 11.3 Å². The number of aromatic nitrogens is 1. The second-order valence-electron chi connectivity index (χ2n) is 4.17. The highest BCUT2D eigenvalue weighted by molar-refractivity contribution is 7.09. The molecular formula is C13H16ClN3S. The van der Waals surface area contributed by atoms with Gasteiger partial charge in [-0.1, -0.05) is 23.7 Å². The number of para-hydroxylation sites is 1. The van der Waals surface area contributed by atoms with Crippen molar-refractivity contribution < 1.29 is 0 Å². The molecule has 0 unspecified atom stereocenters. The van der Waals surface area contributed by atoms with Crippen LogP contribution in [0.5, 0.6) is 0 Å². The lowest BCUT2D eigenvalue weighted by Gasteiger charge is -2.22. The molecule has 2 aromatic rings. The van der Waals surface area contributed by atoms with E-state index in [0.717, 1.165) is 33.5 Å². The van der Waals surface area contributed by atoms with Crippen LogP contribution in [0.25, 0.3) is 0 Å². The molecule has 0 aliphatic carbocycles. The number of hydrogen-bond acceptors (Lipinski definition) is 4. The summed E-state index contributed by atoms with van der Waals surface area (Å²) in [6.07, 6.45) is 0. The SMILES string of the molecule is Cc1nc(CN(C)c2c(Cl)cccc2CN)cs1. The average Bonchev–Trinajstić information content (AvgIpc) is 2.74. The van der Waals surface area contributed by atoms with E-state index >= 15 is 0 Å². The fourth-order valence-electron chi connectivity index (χ4n) is 1.96. The number of nitrogens with two attached hydrogens (primary N) is 1. The first-order valence-electron chi connectivity index (χ1n) is 5.71. The Morgan fingerprint density at radius 3 is 2.83 bits per heavy atom. The monoisotopic (exact) mass is 281 g/mol. The van der Waals surface area contributed by atoms with Crippen LogP contribution >= 0.6 is 22.9 Å². The summed E-state index contributed by atoms with van der Waals surface area (Å²) in [5.41, 5.74) is 8.86. The molecule has 1 heterocycles. The highest BCUT2D eigenvalue weighted by atomic mass is 35.5. The molecule has 1 aromatic heterocycles. The van der Waals surface area contributed by atoms with Crippen molar-refractivity contribution in [2.45, 2.75) is 20.0 Å². The molecule has 0 amide bonds. The van der Waals surface area contributed by atoms with Crippen LogP contribution in [0.4, 0.5) is 5.69 Å². The minimum absolute atomic E-state index is 0.482. The Hall–Kier alpha value is -1.10. The van der Waals surface area contributed by atoms with Crippen LogP contribution in [0, 0.1) is 6.92 Å². The molecule has 0 spiro atoms. The van der Waals surface area contributed by atoms with Gasteiger partial charge in [0.1, 0.15) is 0 Å². The van der Waals surface area contributed by atoms with Crippen molar-refractivity contribution in [3.05, 3.63) is 44.9 Å². The van der Waals surface area contributed by atoms with E-state index < -0.39 is 0 Å². The third-order valence-electron chi connectivity index (χ3n) is 2.74. The van der Waals surface area contributed by atoms with Crippen molar-refractivity contribution in [1.29, 1.82) is 0 Å². The number of hydrogen-bond donors (Lipinski definition) is 1. The molecule has 0 saturated heterocycles. The first-order valence-corrected chi connectivity index (χ1v) is 6.97. The smallest absolute Gasteiger partial charge is 0.0898 e. The van der Waals surface area contributed by atoms with Gasteiger partial charge in [0.25, 0.3) is 0 Å². The van der Waals surface area contributed by atoms with Crippen LogP contribution in [0.15, 0.2) is 23.6 Å². The molecule has 0 aliphatic rings. The van der Waals surface area contributed by atoms with Gasteiger partial charge in [-0.3, -0.25) is 0 Å². The maximum absolute atomic E-state index is 6.26. The van der Waals surface area contributed by atoms with Gasteiger partial charge < -0.3 is 10.6 Å². The lowest BCUT2D eigenvalue weighted by atomic mass is 10.1. The van der Waals surface area contributed by atoms with E-state index in [1.54, 1.807) is 11.3 Å². The fraction of sp³-hybridized carbons (Fsp3) is 0.308. The summed E-state index contributed by atoms with van der Waals surface area (Å²) in [5.74, 6) is 0. The average molecular weight is 282 g/mol. The highest BCUT2D eigenvalue weighted by Crippen LogP contribution is 2.30. The fourth-order valence-corrected chi connectivity index (χ4v) is 2.90. The summed E-state index contributed by atoms with van der Waals surface area (Å²) in [6.45, 7) is 3.23. The van der Waals surface area contributed by atoms with Crippen molar-refractivity contribution in [1.82, 2.24) is 4.98 Å².